The van der Waals surface area contributed by atoms with Crippen LogP contribution in [-0.4, -0.2) is 33.6 Å². The van der Waals surface area contributed by atoms with Crippen LogP contribution in [0.4, 0.5) is 5.82 Å². The van der Waals surface area contributed by atoms with E-state index in [4.69, 9.17) is 4.74 Å². The maximum atomic E-state index is 5.10. The molecule has 6 heteroatoms. The third kappa shape index (κ3) is 2.98. The molecule has 0 amide bonds. The fourth-order valence-corrected chi connectivity index (χ4v) is 1.53. The fraction of sp³-hybridized carbons (Fsp3) is 0.333. The van der Waals surface area contributed by atoms with E-state index in [9.17, 15) is 0 Å². The minimum absolute atomic E-state index is 0.443. The molecule has 0 saturated heterocycles. The molecule has 2 aromatic rings. The first-order valence-corrected chi connectivity index (χ1v) is 5.70. The Bertz CT molecular complexity index is 479. The van der Waals surface area contributed by atoms with Crippen LogP contribution >= 0.6 is 0 Å². The Labute approximate surface area is 105 Å². The van der Waals surface area contributed by atoms with Crippen LogP contribution in [0, 0.1) is 0 Å². The Morgan fingerprint density at radius 1 is 1.33 bits per heavy atom. The van der Waals surface area contributed by atoms with Crippen molar-refractivity contribution in [3.05, 3.63) is 30.4 Å². The lowest BCUT2D eigenvalue weighted by Crippen LogP contribution is -2.05. The predicted molar refractivity (Wildman–Crippen MR) is 67.9 cm³/mol. The van der Waals surface area contributed by atoms with E-state index in [0.717, 1.165) is 18.1 Å². The normalized spacial score (nSPS) is 10.3. The van der Waals surface area contributed by atoms with Gasteiger partial charge in [-0.3, -0.25) is 0 Å². The van der Waals surface area contributed by atoms with Gasteiger partial charge in [-0.05, 0) is 13.0 Å². The van der Waals surface area contributed by atoms with Gasteiger partial charge in [0.25, 0.3) is 0 Å². The molecule has 6 nitrogen and oxygen atoms in total. The summed E-state index contributed by atoms with van der Waals surface area (Å²) < 4.78 is 5.10. The minimum Gasteiger partial charge on any atom is -0.378 e. The Kier molecular flexibility index (Phi) is 4.14. The Morgan fingerprint density at radius 2 is 2.22 bits per heavy atom. The second-order valence-electron chi connectivity index (χ2n) is 3.63. The Balaban J connectivity index is 2.39. The number of hydrogen-bond acceptors (Lipinski definition) is 6. The van der Waals surface area contributed by atoms with Gasteiger partial charge in [0, 0.05) is 25.9 Å². The van der Waals surface area contributed by atoms with Crippen molar-refractivity contribution < 1.29 is 4.74 Å². The molecule has 2 rings (SSSR count). The maximum absolute atomic E-state index is 5.10. The molecule has 94 valence electrons. The molecule has 0 bridgehead atoms. The van der Waals surface area contributed by atoms with Gasteiger partial charge in [0.15, 0.2) is 5.82 Å². The number of hydrogen-bond donors (Lipinski definition) is 1. The van der Waals surface area contributed by atoms with Crippen LogP contribution in [0.3, 0.4) is 0 Å². The van der Waals surface area contributed by atoms with Crippen LogP contribution in [-0.2, 0) is 11.3 Å². The highest BCUT2D eigenvalue weighted by molar-refractivity contribution is 5.52. The van der Waals surface area contributed by atoms with Crippen molar-refractivity contribution in [2.24, 2.45) is 0 Å². The number of aromatic nitrogens is 4. The summed E-state index contributed by atoms with van der Waals surface area (Å²) in [6.07, 6.45) is 3.15. The molecule has 0 fully saturated rings. The van der Waals surface area contributed by atoms with Crippen LogP contribution in [0.5, 0.6) is 0 Å². The smallest absolute Gasteiger partial charge is 0.180 e. The summed E-state index contributed by atoms with van der Waals surface area (Å²) in [4.78, 5) is 16.8. The molecule has 2 heterocycles. The van der Waals surface area contributed by atoms with Gasteiger partial charge < -0.3 is 10.1 Å². The zero-order valence-electron chi connectivity index (χ0n) is 10.4. The number of nitrogens with one attached hydrogen (secondary N) is 1. The quantitative estimate of drug-likeness (QED) is 0.860. The van der Waals surface area contributed by atoms with Crippen LogP contribution < -0.4 is 5.32 Å². The van der Waals surface area contributed by atoms with Gasteiger partial charge in [0.1, 0.15) is 17.8 Å². The van der Waals surface area contributed by atoms with Crippen molar-refractivity contribution in [1.29, 1.82) is 0 Å². The Hall–Kier alpha value is -2.08. The number of nitrogens with zero attached hydrogens (tertiary/aromatic N) is 4. The van der Waals surface area contributed by atoms with Gasteiger partial charge in [-0.15, -0.1) is 0 Å². The van der Waals surface area contributed by atoms with Crippen LogP contribution in [0.2, 0.25) is 0 Å². The summed E-state index contributed by atoms with van der Waals surface area (Å²) in [7, 11) is 1.64. The van der Waals surface area contributed by atoms with Gasteiger partial charge >= 0.3 is 0 Å². The third-order valence-corrected chi connectivity index (χ3v) is 2.24. The first-order valence-electron chi connectivity index (χ1n) is 5.70. The molecule has 0 unspecified atom stereocenters. The number of methoxy groups -OCH3 is 1. The number of ether oxygens (including phenoxy) is 1. The lowest BCUT2D eigenvalue weighted by Gasteiger charge is -2.07. The van der Waals surface area contributed by atoms with Crippen LogP contribution in [0.15, 0.2) is 24.7 Å². The molecule has 0 aliphatic rings. The first kappa shape index (κ1) is 12.4. The van der Waals surface area contributed by atoms with Crippen molar-refractivity contribution in [3.63, 3.8) is 0 Å². The van der Waals surface area contributed by atoms with Crippen molar-refractivity contribution in [1.82, 2.24) is 19.9 Å². The van der Waals surface area contributed by atoms with Gasteiger partial charge in [-0.1, -0.05) is 0 Å². The van der Waals surface area contributed by atoms with E-state index in [1.165, 1.54) is 6.33 Å². The first-order chi connectivity index (χ1) is 8.83. The molecule has 0 aliphatic carbocycles. The summed E-state index contributed by atoms with van der Waals surface area (Å²) in [5, 5.41) is 3.17. The van der Waals surface area contributed by atoms with Gasteiger partial charge in [0.05, 0.1) is 12.3 Å². The van der Waals surface area contributed by atoms with Crippen LogP contribution in [0.1, 0.15) is 12.6 Å². The monoisotopic (exact) mass is 245 g/mol. The van der Waals surface area contributed by atoms with E-state index in [-0.39, 0.29) is 0 Å². The highest BCUT2D eigenvalue weighted by Crippen LogP contribution is 2.15. The number of rotatable bonds is 5. The van der Waals surface area contributed by atoms with Gasteiger partial charge in [-0.2, -0.15) is 0 Å². The van der Waals surface area contributed by atoms with E-state index >= 15 is 0 Å². The molecule has 2 aromatic heterocycles. The minimum atomic E-state index is 0.443. The third-order valence-electron chi connectivity index (χ3n) is 2.24. The largest absolute Gasteiger partial charge is 0.378 e. The summed E-state index contributed by atoms with van der Waals surface area (Å²) in [6, 6.07) is 3.65. The fourth-order valence-electron chi connectivity index (χ4n) is 1.53. The van der Waals surface area contributed by atoms with Crippen LogP contribution in [0.25, 0.3) is 11.5 Å². The molecule has 0 atom stereocenters. The molecule has 0 saturated carbocycles. The average molecular weight is 245 g/mol. The molecule has 18 heavy (non-hydrogen) atoms. The summed E-state index contributed by atoms with van der Waals surface area (Å²) in [5.74, 6) is 1.34. The topological polar surface area (TPSA) is 72.8 Å². The molecule has 0 radical (unpaired) electrons. The van der Waals surface area contributed by atoms with E-state index in [2.05, 4.69) is 25.3 Å². The predicted octanol–water partition coefficient (Wildman–Crippen LogP) is 1.51. The molecule has 0 aromatic carbocycles. The second-order valence-corrected chi connectivity index (χ2v) is 3.63. The molecular weight excluding hydrogens is 230 g/mol. The lowest BCUT2D eigenvalue weighted by atomic mass is 10.3. The highest BCUT2D eigenvalue weighted by Gasteiger charge is 2.07. The highest BCUT2D eigenvalue weighted by atomic mass is 16.5. The zero-order valence-corrected chi connectivity index (χ0v) is 10.4. The Morgan fingerprint density at radius 3 is 2.89 bits per heavy atom. The molecule has 1 N–H and O–H groups in total. The number of anilines is 1. The maximum Gasteiger partial charge on any atom is 0.180 e. The van der Waals surface area contributed by atoms with Crippen molar-refractivity contribution in [2.45, 2.75) is 13.5 Å². The summed E-state index contributed by atoms with van der Waals surface area (Å²) in [5.41, 5.74) is 1.51. The average Bonchev–Trinajstić information content (AvgIpc) is 2.40. The lowest BCUT2D eigenvalue weighted by molar-refractivity contribution is 0.181. The zero-order chi connectivity index (χ0) is 12.8. The van der Waals surface area contributed by atoms with Gasteiger partial charge in [0.2, 0.25) is 0 Å². The van der Waals surface area contributed by atoms with E-state index < -0.39 is 0 Å². The second kappa shape index (κ2) is 6.02. The van der Waals surface area contributed by atoms with Crippen molar-refractivity contribution in [3.8, 4) is 11.5 Å². The van der Waals surface area contributed by atoms with Gasteiger partial charge in [-0.25, -0.2) is 19.9 Å². The molecular formula is C12H15N5O. The molecule has 0 spiro atoms. The van der Waals surface area contributed by atoms with E-state index in [1.807, 2.05) is 13.0 Å². The van der Waals surface area contributed by atoms with E-state index in [1.54, 1.807) is 19.4 Å². The van der Waals surface area contributed by atoms with Crippen molar-refractivity contribution >= 4 is 5.82 Å². The molecule has 0 aliphatic heterocycles. The van der Waals surface area contributed by atoms with E-state index in [0.29, 0.717) is 18.1 Å². The SMILES string of the molecule is CCNc1cc(COC)nc(-c2ccncn2)n1. The standard InChI is InChI=1S/C12H15N5O/c1-3-14-11-6-9(7-18-2)16-12(17-11)10-4-5-13-8-15-10/h4-6,8H,3,7H2,1-2H3,(H,14,16,17). The summed E-state index contributed by atoms with van der Waals surface area (Å²) >= 11 is 0. The van der Waals surface area contributed by atoms with Crippen molar-refractivity contribution in [2.75, 3.05) is 19.0 Å². The summed E-state index contributed by atoms with van der Waals surface area (Å²) in [6.45, 7) is 3.26.